The van der Waals surface area contributed by atoms with Crippen LogP contribution in [0.4, 0.5) is 0 Å². The summed E-state index contributed by atoms with van der Waals surface area (Å²) >= 11 is 0. The van der Waals surface area contributed by atoms with Gasteiger partial charge in [0.2, 0.25) is 0 Å². The van der Waals surface area contributed by atoms with Crippen LogP contribution in [0.25, 0.3) is 0 Å². The Morgan fingerprint density at radius 2 is 1.92 bits per heavy atom. The van der Waals surface area contributed by atoms with E-state index in [0.717, 1.165) is 29.9 Å². The second-order valence-corrected chi connectivity index (χ2v) is 7.94. The Hall–Kier alpha value is -2.14. The summed E-state index contributed by atoms with van der Waals surface area (Å²) in [6, 6.07) is 8.37. The monoisotopic (exact) mass is 340 g/mol. The summed E-state index contributed by atoms with van der Waals surface area (Å²) in [6.07, 6.45) is 1.01. The maximum atomic E-state index is 12.6. The van der Waals surface area contributed by atoms with Gasteiger partial charge in [0.1, 0.15) is 5.70 Å². The van der Waals surface area contributed by atoms with Crippen LogP contribution in [0.5, 0.6) is 0 Å². The minimum absolute atomic E-state index is 0.0360. The van der Waals surface area contributed by atoms with Crippen LogP contribution in [0.15, 0.2) is 40.7 Å². The molecular weight excluding hydrogens is 312 g/mol. The zero-order chi connectivity index (χ0) is 18.2. The van der Waals surface area contributed by atoms with E-state index in [9.17, 15) is 4.79 Å². The highest BCUT2D eigenvalue weighted by Crippen LogP contribution is 2.36. The zero-order valence-corrected chi connectivity index (χ0v) is 15.8. The fraction of sp³-hybridized carbons (Fsp3) is 0.500. The van der Waals surface area contributed by atoms with Gasteiger partial charge in [-0.1, -0.05) is 57.5 Å². The number of hydrogen-bond donors (Lipinski definition) is 2. The Morgan fingerprint density at radius 1 is 1.24 bits per heavy atom. The molecule has 0 aromatic heterocycles. The van der Waals surface area contributed by atoms with Crippen molar-refractivity contribution >= 4 is 11.6 Å². The van der Waals surface area contributed by atoms with Gasteiger partial charge in [0, 0.05) is 6.54 Å². The van der Waals surface area contributed by atoms with Crippen molar-refractivity contribution in [2.45, 2.75) is 47.1 Å². The van der Waals surface area contributed by atoms with Crippen molar-refractivity contribution in [2.24, 2.45) is 10.4 Å². The van der Waals surface area contributed by atoms with Crippen molar-refractivity contribution in [1.29, 1.82) is 0 Å². The Morgan fingerprint density at radius 3 is 2.52 bits per heavy atom. The lowest BCUT2D eigenvalue weighted by molar-refractivity contribution is -0.117. The molecule has 5 heteroatoms. The third-order valence-electron chi connectivity index (χ3n) is 4.65. The van der Waals surface area contributed by atoms with Gasteiger partial charge in [-0.3, -0.25) is 9.79 Å². The smallest absolute Gasteiger partial charge is 0.271 e. The highest BCUT2D eigenvalue weighted by Gasteiger charge is 2.43. The SMILES string of the molecule is CCCN1NC2=C(N=C(c3ccc(C)cc3)CNC2=O)C1C(C)(C)C. The Bertz CT molecular complexity index is 725. The van der Waals surface area contributed by atoms with Gasteiger partial charge in [0.25, 0.3) is 5.91 Å². The van der Waals surface area contributed by atoms with Crippen LogP contribution in [0.3, 0.4) is 0 Å². The van der Waals surface area contributed by atoms with Crippen molar-refractivity contribution in [1.82, 2.24) is 15.8 Å². The fourth-order valence-corrected chi connectivity index (χ4v) is 3.49. The average molecular weight is 340 g/mol. The van der Waals surface area contributed by atoms with Crippen molar-refractivity contribution in [2.75, 3.05) is 13.1 Å². The van der Waals surface area contributed by atoms with Crippen LogP contribution >= 0.6 is 0 Å². The molecule has 0 bridgehead atoms. The molecule has 2 aliphatic heterocycles. The number of amides is 1. The Kier molecular flexibility index (Phi) is 4.69. The van der Waals surface area contributed by atoms with Crippen LogP contribution in [-0.4, -0.2) is 35.8 Å². The lowest BCUT2D eigenvalue weighted by Crippen LogP contribution is -2.47. The fourth-order valence-electron chi connectivity index (χ4n) is 3.49. The van der Waals surface area contributed by atoms with Gasteiger partial charge in [0.05, 0.1) is 24.0 Å². The molecule has 2 heterocycles. The lowest BCUT2D eigenvalue weighted by Gasteiger charge is -2.35. The number of carbonyl (C=O) groups excluding carboxylic acids is 1. The highest BCUT2D eigenvalue weighted by atomic mass is 16.2. The van der Waals surface area contributed by atoms with Crippen molar-refractivity contribution in [3.8, 4) is 0 Å². The maximum absolute atomic E-state index is 12.6. The van der Waals surface area contributed by atoms with E-state index in [0.29, 0.717) is 12.2 Å². The van der Waals surface area contributed by atoms with Crippen LogP contribution in [0.1, 0.15) is 45.2 Å². The zero-order valence-electron chi connectivity index (χ0n) is 15.8. The first-order chi connectivity index (χ1) is 11.8. The van der Waals surface area contributed by atoms with Crippen molar-refractivity contribution in [3.05, 3.63) is 46.8 Å². The molecule has 3 rings (SSSR count). The summed E-state index contributed by atoms with van der Waals surface area (Å²) in [5.74, 6) is -0.0753. The van der Waals surface area contributed by atoms with Crippen molar-refractivity contribution in [3.63, 3.8) is 0 Å². The first-order valence-corrected chi connectivity index (χ1v) is 9.01. The van der Waals surface area contributed by atoms with E-state index >= 15 is 0 Å². The summed E-state index contributed by atoms with van der Waals surface area (Å²) in [5.41, 5.74) is 7.91. The van der Waals surface area contributed by atoms with Gasteiger partial charge in [-0.15, -0.1) is 0 Å². The molecule has 0 aliphatic carbocycles. The van der Waals surface area contributed by atoms with Gasteiger partial charge in [0.15, 0.2) is 0 Å². The Balaban J connectivity index is 2.06. The molecule has 25 heavy (non-hydrogen) atoms. The number of hydrazine groups is 1. The van der Waals surface area contributed by atoms with Crippen molar-refractivity contribution < 1.29 is 4.79 Å². The van der Waals surface area contributed by atoms with Gasteiger partial charge in [-0.05, 0) is 24.3 Å². The maximum Gasteiger partial charge on any atom is 0.271 e. The molecular formula is C20H28N4O. The molecule has 1 unspecified atom stereocenters. The molecule has 2 N–H and O–H groups in total. The quantitative estimate of drug-likeness (QED) is 0.889. The van der Waals surface area contributed by atoms with Crippen LogP contribution < -0.4 is 10.7 Å². The summed E-state index contributed by atoms with van der Waals surface area (Å²) in [6.45, 7) is 12.1. The van der Waals surface area contributed by atoms with E-state index in [-0.39, 0.29) is 17.4 Å². The number of aliphatic imine (C=N–C) groups is 1. The highest BCUT2D eigenvalue weighted by molar-refractivity contribution is 6.07. The van der Waals surface area contributed by atoms with E-state index in [1.165, 1.54) is 5.56 Å². The van der Waals surface area contributed by atoms with Gasteiger partial charge < -0.3 is 10.7 Å². The Labute approximate surface area is 150 Å². The predicted octanol–water partition coefficient (Wildman–Crippen LogP) is 2.77. The first kappa shape index (κ1) is 17.7. The molecule has 0 saturated carbocycles. The van der Waals surface area contributed by atoms with E-state index in [2.05, 4.69) is 74.6 Å². The van der Waals surface area contributed by atoms with Gasteiger partial charge in [-0.25, -0.2) is 5.01 Å². The number of hydrogen-bond acceptors (Lipinski definition) is 4. The molecule has 0 fully saturated rings. The van der Waals surface area contributed by atoms with Gasteiger partial charge >= 0.3 is 0 Å². The minimum Gasteiger partial charge on any atom is -0.345 e. The molecule has 0 saturated heterocycles. The summed E-state index contributed by atoms with van der Waals surface area (Å²) in [7, 11) is 0. The predicted molar refractivity (Wildman–Crippen MR) is 101 cm³/mol. The van der Waals surface area contributed by atoms with Crippen LogP contribution in [0, 0.1) is 12.3 Å². The summed E-state index contributed by atoms with van der Waals surface area (Å²) in [5, 5.41) is 5.16. The largest absolute Gasteiger partial charge is 0.345 e. The first-order valence-electron chi connectivity index (χ1n) is 9.01. The third kappa shape index (κ3) is 3.47. The summed E-state index contributed by atoms with van der Waals surface area (Å²) in [4.78, 5) is 17.6. The number of nitrogens with one attached hydrogen (secondary N) is 2. The molecule has 2 aliphatic rings. The molecule has 1 aromatic rings. The normalized spacial score (nSPS) is 21.4. The minimum atomic E-state index is -0.0753. The topological polar surface area (TPSA) is 56.7 Å². The average Bonchev–Trinajstić information content (AvgIpc) is 2.83. The second kappa shape index (κ2) is 6.64. The van der Waals surface area contributed by atoms with Crippen LogP contribution in [-0.2, 0) is 4.79 Å². The molecule has 1 amide bonds. The standard InChI is InChI=1S/C20H28N4O/c1-6-11-24-18(20(3,4)5)16-17(23-24)19(25)21-12-15(22-16)14-9-7-13(2)8-10-14/h7-10,18,23H,6,11-12H2,1-5H3,(H,21,25). The van der Waals surface area contributed by atoms with Crippen LogP contribution in [0.2, 0.25) is 0 Å². The molecule has 1 atom stereocenters. The summed E-state index contributed by atoms with van der Waals surface area (Å²) < 4.78 is 0. The molecule has 0 radical (unpaired) electrons. The molecule has 0 spiro atoms. The molecule has 1 aromatic carbocycles. The van der Waals surface area contributed by atoms with Gasteiger partial charge in [-0.2, -0.15) is 0 Å². The number of nitrogens with zero attached hydrogens (tertiary/aromatic N) is 2. The van der Waals surface area contributed by atoms with E-state index < -0.39 is 0 Å². The second-order valence-electron chi connectivity index (χ2n) is 7.94. The number of aryl methyl sites for hydroxylation is 1. The van der Waals surface area contributed by atoms with E-state index in [4.69, 9.17) is 4.99 Å². The number of benzene rings is 1. The lowest BCUT2D eigenvalue weighted by atomic mass is 9.84. The number of carbonyl (C=O) groups is 1. The number of rotatable bonds is 3. The third-order valence-corrected chi connectivity index (χ3v) is 4.65. The molecule has 5 nitrogen and oxygen atoms in total. The molecule has 134 valence electrons. The van der Waals surface area contributed by atoms with E-state index in [1.54, 1.807) is 0 Å². The van der Waals surface area contributed by atoms with E-state index in [1.807, 2.05) is 0 Å².